The summed E-state index contributed by atoms with van der Waals surface area (Å²) in [6.07, 6.45) is 1.77. The van der Waals surface area contributed by atoms with Gasteiger partial charge in [0, 0.05) is 37.9 Å². The van der Waals surface area contributed by atoms with Crippen molar-refractivity contribution in [2.24, 2.45) is 0 Å². The van der Waals surface area contributed by atoms with Gasteiger partial charge in [-0.25, -0.2) is 0 Å². The zero-order valence-electron chi connectivity index (χ0n) is 17.8. The van der Waals surface area contributed by atoms with E-state index in [1.54, 1.807) is 14.2 Å². The van der Waals surface area contributed by atoms with Gasteiger partial charge in [-0.05, 0) is 48.1 Å². The molecule has 1 aliphatic heterocycles. The van der Waals surface area contributed by atoms with Crippen molar-refractivity contribution in [2.45, 2.75) is 44.2 Å². The maximum atomic E-state index is 11.0. The number of aliphatic hydroxyl groups is 1. The first-order valence-corrected chi connectivity index (χ1v) is 10.9. The highest BCUT2D eigenvalue weighted by molar-refractivity contribution is 6.33. The number of hydrogen-bond acceptors (Lipinski definition) is 5. The number of ether oxygens (including phenoxy) is 3. The molecule has 0 aromatic heterocycles. The van der Waals surface area contributed by atoms with E-state index in [1.807, 2.05) is 36.4 Å². The van der Waals surface area contributed by atoms with Crippen LogP contribution in [0.15, 0.2) is 42.5 Å². The molecular weight excluding hydrogens is 402 g/mol. The normalized spacial score (nSPS) is 18.9. The molecule has 30 heavy (non-hydrogen) atoms. The van der Waals surface area contributed by atoms with Crippen molar-refractivity contribution in [1.82, 2.24) is 5.32 Å². The third-order valence-electron chi connectivity index (χ3n) is 5.57. The standard InChI is InChI=1S/C24H32ClNO4/c1-28-16-17-6-3-7-18(14-17)24-19(8-4-9-20(24)25)21(27)10-5-11-22(29-2)23-15-26-12-13-30-23/h3-4,6-9,14,21-23,26-27H,5,10-13,15-16H2,1-2H3/t21?,22?,23-/m1/s1. The van der Waals surface area contributed by atoms with Crippen molar-refractivity contribution in [2.75, 3.05) is 33.9 Å². The number of nitrogens with one attached hydrogen (secondary N) is 1. The number of halogens is 1. The summed E-state index contributed by atoms with van der Waals surface area (Å²) in [4.78, 5) is 0. The van der Waals surface area contributed by atoms with E-state index in [0.717, 1.165) is 48.2 Å². The molecule has 3 rings (SSSR count). The zero-order chi connectivity index (χ0) is 21.3. The van der Waals surface area contributed by atoms with Gasteiger partial charge >= 0.3 is 0 Å². The Labute approximate surface area is 184 Å². The van der Waals surface area contributed by atoms with Crippen molar-refractivity contribution in [3.63, 3.8) is 0 Å². The smallest absolute Gasteiger partial charge is 0.0961 e. The number of rotatable bonds is 10. The molecule has 0 saturated carbocycles. The average molecular weight is 434 g/mol. The molecule has 0 aliphatic carbocycles. The first kappa shape index (κ1) is 23.2. The van der Waals surface area contributed by atoms with E-state index in [4.69, 9.17) is 25.8 Å². The Balaban J connectivity index is 1.69. The van der Waals surface area contributed by atoms with Crippen LogP contribution in [0.1, 0.15) is 36.5 Å². The van der Waals surface area contributed by atoms with E-state index in [9.17, 15) is 5.11 Å². The van der Waals surface area contributed by atoms with Crippen LogP contribution in [0.4, 0.5) is 0 Å². The van der Waals surface area contributed by atoms with E-state index >= 15 is 0 Å². The van der Waals surface area contributed by atoms with Crippen molar-refractivity contribution in [3.8, 4) is 11.1 Å². The first-order valence-electron chi connectivity index (χ1n) is 10.5. The molecule has 0 bridgehead atoms. The molecule has 6 heteroatoms. The predicted molar refractivity (Wildman–Crippen MR) is 120 cm³/mol. The summed E-state index contributed by atoms with van der Waals surface area (Å²) in [5.74, 6) is 0. The lowest BCUT2D eigenvalue weighted by Crippen LogP contribution is -2.45. The average Bonchev–Trinajstić information content (AvgIpc) is 2.77. The summed E-state index contributed by atoms with van der Waals surface area (Å²) in [5.41, 5.74) is 3.79. The predicted octanol–water partition coefficient (Wildman–Crippen LogP) is 4.36. The second-order valence-corrected chi connectivity index (χ2v) is 8.08. The highest BCUT2D eigenvalue weighted by atomic mass is 35.5. The van der Waals surface area contributed by atoms with E-state index in [-0.39, 0.29) is 12.2 Å². The van der Waals surface area contributed by atoms with Gasteiger partial charge in [-0.1, -0.05) is 41.9 Å². The fourth-order valence-electron chi connectivity index (χ4n) is 4.05. The van der Waals surface area contributed by atoms with E-state index in [1.165, 1.54) is 0 Å². The molecule has 1 heterocycles. The van der Waals surface area contributed by atoms with Crippen molar-refractivity contribution in [1.29, 1.82) is 0 Å². The summed E-state index contributed by atoms with van der Waals surface area (Å²) in [6, 6.07) is 13.8. The summed E-state index contributed by atoms with van der Waals surface area (Å²) in [7, 11) is 3.40. The summed E-state index contributed by atoms with van der Waals surface area (Å²) in [5, 5.41) is 15.0. The number of morpholine rings is 1. The lowest BCUT2D eigenvalue weighted by molar-refractivity contribution is -0.0730. The number of aliphatic hydroxyl groups excluding tert-OH is 1. The molecule has 5 nitrogen and oxygen atoms in total. The minimum atomic E-state index is -0.604. The lowest BCUT2D eigenvalue weighted by atomic mass is 9.92. The molecule has 0 spiro atoms. The Bertz CT molecular complexity index is 795. The summed E-state index contributed by atoms with van der Waals surface area (Å²) < 4.78 is 16.7. The van der Waals surface area contributed by atoms with Gasteiger partial charge in [-0.3, -0.25) is 0 Å². The van der Waals surface area contributed by atoms with Crippen LogP contribution >= 0.6 is 11.6 Å². The van der Waals surface area contributed by atoms with Crippen molar-refractivity contribution < 1.29 is 19.3 Å². The van der Waals surface area contributed by atoms with Crippen LogP contribution in [0.2, 0.25) is 5.02 Å². The quantitative estimate of drug-likeness (QED) is 0.583. The molecule has 0 radical (unpaired) electrons. The molecule has 0 amide bonds. The SMILES string of the molecule is COCc1cccc(-c2c(Cl)cccc2C(O)CCCC(OC)[C@H]2CNCCO2)c1. The maximum absolute atomic E-state index is 11.0. The van der Waals surface area contributed by atoms with E-state index < -0.39 is 6.10 Å². The zero-order valence-corrected chi connectivity index (χ0v) is 18.5. The van der Waals surface area contributed by atoms with Crippen LogP contribution in [0, 0.1) is 0 Å². The Morgan fingerprint density at radius 1 is 1.20 bits per heavy atom. The van der Waals surface area contributed by atoms with E-state index in [2.05, 4.69) is 11.4 Å². The van der Waals surface area contributed by atoms with Crippen LogP contribution < -0.4 is 5.32 Å². The number of hydrogen-bond donors (Lipinski definition) is 2. The van der Waals surface area contributed by atoms with Gasteiger partial charge < -0.3 is 24.6 Å². The van der Waals surface area contributed by atoms with Crippen molar-refractivity contribution in [3.05, 3.63) is 58.6 Å². The molecule has 3 atom stereocenters. The first-order chi connectivity index (χ1) is 14.6. The highest BCUT2D eigenvalue weighted by Crippen LogP contribution is 2.36. The van der Waals surface area contributed by atoms with Gasteiger partial charge in [0.2, 0.25) is 0 Å². The lowest BCUT2D eigenvalue weighted by Gasteiger charge is -2.30. The largest absolute Gasteiger partial charge is 0.388 e. The molecule has 1 fully saturated rings. The Morgan fingerprint density at radius 2 is 2.03 bits per heavy atom. The highest BCUT2D eigenvalue weighted by Gasteiger charge is 2.24. The second-order valence-electron chi connectivity index (χ2n) is 7.67. The fraction of sp³-hybridized carbons (Fsp3) is 0.500. The maximum Gasteiger partial charge on any atom is 0.0961 e. The van der Waals surface area contributed by atoms with Crippen molar-refractivity contribution >= 4 is 11.6 Å². The molecule has 2 aromatic carbocycles. The van der Waals surface area contributed by atoms with Gasteiger partial charge in [0.25, 0.3) is 0 Å². The Kier molecular flexibility index (Phi) is 9.12. The van der Waals surface area contributed by atoms with Crippen LogP contribution in [-0.2, 0) is 20.8 Å². The molecule has 1 saturated heterocycles. The van der Waals surface area contributed by atoms with Gasteiger partial charge in [0.05, 0.1) is 31.5 Å². The molecule has 1 aliphatic rings. The molecule has 2 aromatic rings. The Hall–Kier alpha value is -1.47. The van der Waals surface area contributed by atoms with Crippen LogP contribution in [0.5, 0.6) is 0 Å². The van der Waals surface area contributed by atoms with Gasteiger partial charge in [0.15, 0.2) is 0 Å². The minimum absolute atomic E-state index is 0.0227. The van der Waals surface area contributed by atoms with Crippen LogP contribution in [0.25, 0.3) is 11.1 Å². The van der Waals surface area contributed by atoms with Crippen LogP contribution in [0.3, 0.4) is 0 Å². The third kappa shape index (κ3) is 6.03. The molecular formula is C24H32ClNO4. The van der Waals surface area contributed by atoms with Gasteiger partial charge in [-0.15, -0.1) is 0 Å². The molecule has 164 valence electrons. The third-order valence-corrected chi connectivity index (χ3v) is 5.89. The van der Waals surface area contributed by atoms with Gasteiger partial charge in [-0.2, -0.15) is 0 Å². The van der Waals surface area contributed by atoms with Crippen LogP contribution in [-0.4, -0.2) is 51.2 Å². The topological polar surface area (TPSA) is 60.0 Å². The summed E-state index contributed by atoms with van der Waals surface area (Å²) >= 11 is 6.56. The fourth-order valence-corrected chi connectivity index (χ4v) is 4.35. The second kappa shape index (κ2) is 11.8. The van der Waals surface area contributed by atoms with Gasteiger partial charge in [0.1, 0.15) is 0 Å². The molecule has 2 unspecified atom stereocenters. The van der Waals surface area contributed by atoms with E-state index in [0.29, 0.717) is 24.7 Å². The molecule has 2 N–H and O–H groups in total. The minimum Gasteiger partial charge on any atom is -0.388 e. The Morgan fingerprint density at radius 3 is 2.77 bits per heavy atom. The summed E-state index contributed by atoms with van der Waals surface area (Å²) in [6.45, 7) is 2.93. The monoisotopic (exact) mass is 433 g/mol. The number of benzene rings is 2. The number of methoxy groups -OCH3 is 2.